The molecule has 2 heterocycles. The number of nitrogens with zero attached hydrogens (tertiary/aromatic N) is 5. The summed E-state index contributed by atoms with van der Waals surface area (Å²) >= 11 is 1.01. The Morgan fingerprint density at radius 1 is 1.35 bits per heavy atom. The van der Waals surface area contributed by atoms with E-state index in [1.54, 1.807) is 11.8 Å². The lowest BCUT2D eigenvalue weighted by molar-refractivity contribution is -0.142. The topological polar surface area (TPSA) is 54.3 Å². The molecule has 1 saturated heterocycles. The zero-order valence-corrected chi connectivity index (χ0v) is 13.9. The molecule has 1 amide bonds. The smallest absolute Gasteiger partial charge is 0.339 e. The van der Waals surface area contributed by atoms with E-state index in [1.165, 1.54) is 0 Å². The van der Waals surface area contributed by atoms with Crippen molar-refractivity contribution in [2.45, 2.75) is 37.0 Å². The molecule has 23 heavy (non-hydrogen) atoms. The van der Waals surface area contributed by atoms with Crippen LogP contribution in [0.25, 0.3) is 0 Å². The standard InChI is InChI=1S/C13H20F3N5OS/c1-3-19-4-6-20(7-5-19)11(22)10(2)23-12-18-17-9-21(12)8-13(14,15)16/h9-10H,3-8H2,1-2H3. The van der Waals surface area contributed by atoms with Crippen LogP contribution in [0.1, 0.15) is 13.8 Å². The van der Waals surface area contributed by atoms with Crippen LogP contribution in [0.2, 0.25) is 0 Å². The lowest BCUT2D eigenvalue weighted by Gasteiger charge is -2.35. The molecule has 1 aliphatic rings. The molecule has 0 spiro atoms. The van der Waals surface area contributed by atoms with Crippen LogP contribution >= 0.6 is 11.8 Å². The Morgan fingerprint density at radius 3 is 2.57 bits per heavy atom. The van der Waals surface area contributed by atoms with Gasteiger partial charge in [0.15, 0.2) is 5.16 Å². The van der Waals surface area contributed by atoms with Gasteiger partial charge in [0.05, 0.1) is 5.25 Å². The van der Waals surface area contributed by atoms with Crippen LogP contribution in [-0.2, 0) is 11.3 Å². The minimum atomic E-state index is -4.35. The zero-order valence-electron chi connectivity index (χ0n) is 13.1. The maximum absolute atomic E-state index is 12.5. The van der Waals surface area contributed by atoms with Crippen molar-refractivity contribution in [3.05, 3.63) is 6.33 Å². The Balaban J connectivity index is 1.93. The van der Waals surface area contributed by atoms with Gasteiger partial charge in [0.1, 0.15) is 12.9 Å². The summed E-state index contributed by atoms with van der Waals surface area (Å²) in [5.74, 6) is -0.0766. The number of amides is 1. The van der Waals surface area contributed by atoms with Gasteiger partial charge in [-0.3, -0.25) is 9.36 Å². The molecule has 2 rings (SSSR count). The van der Waals surface area contributed by atoms with Crippen LogP contribution in [0.15, 0.2) is 11.5 Å². The van der Waals surface area contributed by atoms with E-state index in [4.69, 9.17) is 0 Å². The summed E-state index contributed by atoms with van der Waals surface area (Å²) in [6.07, 6.45) is -3.31. The maximum Gasteiger partial charge on any atom is 0.406 e. The lowest BCUT2D eigenvalue weighted by Crippen LogP contribution is -2.50. The fourth-order valence-electron chi connectivity index (χ4n) is 2.39. The predicted molar refractivity (Wildman–Crippen MR) is 80.1 cm³/mol. The summed E-state index contributed by atoms with van der Waals surface area (Å²) in [7, 11) is 0. The Kier molecular flexibility index (Phi) is 5.90. The highest BCUT2D eigenvalue weighted by molar-refractivity contribution is 8.00. The normalized spacial score (nSPS) is 18.2. The van der Waals surface area contributed by atoms with Gasteiger partial charge in [-0.2, -0.15) is 13.2 Å². The summed E-state index contributed by atoms with van der Waals surface area (Å²) in [5, 5.41) is 6.81. The third kappa shape index (κ3) is 5.10. The highest BCUT2D eigenvalue weighted by Crippen LogP contribution is 2.26. The van der Waals surface area contributed by atoms with Gasteiger partial charge in [-0.25, -0.2) is 0 Å². The van der Waals surface area contributed by atoms with Crippen LogP contribution in [-0.4, -0.2) is 74.6 Å². The second kappa shape index (κ2) is 7.52. The highest BCUT2D eigenvalue weighted by atomic mass is 32.2. The number of piperazine rings is 1. The molecule has 0 N–H and O–H groups in total. The lowest BCUT2D eigenvalue weighted by atomic mass is 10.3. The number of likely N-dealkylation sites (N-methyl/N-ethyl adjacent to an activating group) is 1. The Bertz CT molecular complexity index is 528. The average molecular weight is 351 g/mol. The van der Waals surface area contributed by atoms with E-state index in [-0.39, 0.29) is 11.1 Å². The third-order valence-electron chi connectivity index (χ3n) is 3.69. The Morgan fingerprint density at radius 2 is 2.00 bits per heavy atom. The molecule has 1 aromatic rings. The first-order chi connectivity index (χ1) is 10.8. The molecule has 1 unspecified atom stereocenters. The Hall–Kier alpha value is -1.29. The summed E-state index contributed by atoms with van der Waals surface area (Å²) in [5.41, 5.74) is 0. The van der Waals surface area contributed by atoms with Gasteiger partial charge in [-0.1, -0.05) is 18.7 Å². The van der Waals surface area contributed by atoms with Crippen molar-refractivity contribution >= 4 is 17.7 Å². The number of aromatic nitrogens is 3. The third-order valence-corrected chi connectivity index (χ3v) is 4.77. The van der Waals surface area contributed by atoms with Gasteiger partial charge >= 0.3 is 6.18 Å². The number of rotatable bonds is 5. The van der Waals surface area contributed by atoms with Crippen molar-refractivity contribution in [2.24, 2.45) is 0 Å². The van der Waals surface area contributed by atoms with E-state index in [0.29, 0.717) is 13.1 Å². The fraction of sp³-hybridized carbons (Fsp3) is 0.769. The molecular formula is C13H20F3N5OS. The molecule has 0 radical (unpaired) electrons. The van der Waals surface area contributed by atoms with Crippen molar-refractivity contribution < 1.29 is 18.0 Å². The van der Waals surface area contributed by atoms with Crippen molar-refractivity contribution in [2.75, 3.05) is 32.7 Å². The van der Waals surface area contributed by atoms with Gasteiger partial charge in [-0.15, -0.1) is 10.2 Å². The first kappa shape index (κ1) is 18.1. The van der Waals surface area contributed by atoms with Crippen LogP contribution in [0.5, 0.6) is 0 Å². The Labute approximate surface area is 137 Å². The van der Waals surface area contributed by atoms with E-state index >= 15 is 0 Å². The van der Waals surface area contributed by atoms with E-state index in [9.17, 15) is 18.0 Å². The van der Waals surface area contributed by atoms with Gasteiger partial charge in [0.25, 0.3) is 0 Å². The first-order valence-electron chi connectivity index (χ1n) is 7.42. The number of hydrogen-bond donors (Lipinski definition) is 0. The number of carbonyl (C=O) groups is 1. The largest absolute Gasteiger partial charge is 0.406 e. The van der Waals surface area contributed by atoms with Gasteiger partial charge in [0, 0.05) is 26.2 Å². The van der Waals surface area contributed by atoms with Crippen molar-refractivity contribution in [1.82, 2.24) is 24.6 Å². The number of carbonyl (C=O) groups excluding carboxylic acids is 1. The molecule has 10 heteroatoms. The van der Waals surface area contributed by atoms with Crippen molar-refractivity contribution in [3.63, 3.8) is 0 Å². The maximum atomic E-state index is 12.5. The molecule has 1 aliphatic heterocycles. The first-order valence-corrected chi connectivity index (χ1v) is 8.30. The summed E-state index contributed by atoms with van der Waals surface area (Å²) < 4.78 is 38.4. The molecule has 130 valence electrons. The van der Waals surface area contributed by atoms with E-state index < -0.39 is 18.0 Å². The minimum absolute atomic E-state index is 0.0766. The summed E-state index contributed by atoms with van der Waals surface area (Å²) in [4.78, 5) is 16.4. The minimum Gasteiger partial charge on any atom is -0.339 e. The molecule has 1 atom stereocenters. The molecule has 1 aromatic heterocycles. The van der Waals surface area contributed by atoms with Crippen LogP contribution < -0.4 is 0 Å². The number of hydrogen-bond acceptors (Lipinski definition) is 5. The van der Waals surface area contributed by atoms with Gasteiger partial charge in [0.2, 0.25) is 5.91 Å². The van der Waals surface area contributed by atoms with E-state index in [0.717, 1.165) is 42.3 Å². The molecule has 0 aromatic carbocycles. The fourth-order valence-corrected chi connectivity index (χ4v) is 3.29. The van der Waals surface area contributed by atoms with Crippen molar-refractivity contribution in [1.29, 1.82) is 0 Å². The quantitative estimate of drug-likeness (QED) is 0.753. The van der Waals surface area contributed by atoms with Crippen LogP contribution in [0.4, 0.5) is 13.2 Å². The summed E-state index contributed by atoms with van der Waals surface area (Å²) in [6, 6.07) is 0. The highest BCUT2D eigenvalue weighted by Gasteiger charge is 2.31. The second-order valence-corrected chi connectivity index (χ2v) is 6.68. The average Bonchev–Trinajstić information content (AvgIpc) is 2.91. The van der Waals surface area contributed by atoms with E-state index in [1.807, 2.05) is 0 Å². The molecule has 6 nitrogen and oxygen atoms in total. The van der Waals surface area contributed by atoms with Gasteiger partial charge < -0.3 is 9.80 Å². The predicted octanol–water partition coefficient (Wildman–Crippen LogP) is 1.49. The summed E-state index contributed by atoms with van der Waals surface area (Å²) in [6.45, 7) is 6.49. The molecular weight excluding hydrogens is 331 g/mol. The SMILES string of the molecule is CCN1CCN(C(=O)C(C)Sc2nncn2CC(F)(F)F)CC1. The van der Waals surface area contributed by atoms with Crippen LogP contribution in [0, 0.1) is 0 Å². The number of halogens is 3. The van der Waals surface area contributed by atoms with Crippen LogP contribution in [0.3, 0.4) is 0 Å². The van der Waals surface area contributed by atoms with Gasteiger partial charge in [-0.05, 0) is 13.5 Å². The second-order valence-electron chi connectivity index (χ2n) is 5.38. The monoisotopic (exact) mass is 351 g/mol. The van der Waals surface area contributed by atoms with E-state index in [2.05, 4.69) is 22.0 Å². The molecule has 0 aliphatic carbocycles. The molecule has 0 bridgehead atoms. The number of thioether (sulfide) groups is 1. The number of alkyl halides is 3. The molecule has 1 fully saturated rings. The molecule has 0 saturated carbocycles. The van der Waals surface area contributed by atoms with Crippen molar-refractivity contribution in [3.8, 4) is 0 Å². The zero-order chi connectivity index (χ0) is 17.0.